The highest BCUT2D eigenvalue weighted by atomic mass is 32.2. The zero-order valence-corrected chi connectivity index (χ0v) is 11.1. The maximum absolute atomic E-state index is 13.2. The van der Waals surface area contributed by atoms with E-state index in [0.29, 0.717) is 5.25 Å². The molecule has 2 N–H and O–H groups in total. The molecule has 1 aromatic carbocycles. The van der Waals surface area contributed by atoms with Crippen LogP contribution < -0.4 is 5.73 Å². The summed E-state index contributed by atoms with van der Waals surface area (Å²) in [5.74, 6) is -0.190. The Morgan fingerprint density at radius 3 is 2.65 bits per heavy atom. The number of halogens is 1. The second kappa shape index (κ2) is 5.87. The summed E-state index contributed by atoms with van der Waals surface area (Å²) in [6, 6.07) is 4.90. The van der Waals surface area contributed by atoms with Crippen molar-refractivity contribution in [1.29, 1.82) is 0 Å². The molecule has 1 aliphatic rings. The predicted octanol–water partition coefficient (Wildman–Crippen LogP) is 4.27. The Hall–Kier alpha value is -0.540. The second-order valence-electron chi connectivity index (χ2n) is 4.85. The smallest absolute Gasteiger partial charge is 0.123 e. The summed E-state index contributed by atoms with van der Waals surface area (Å²) in [6.07, 6.45) is 6.57. The van der Waals surface area contributed by atoms with Gasteiger partial charge in [-0.25, -0.2) is 4.39 Å². The van der Waals surface area contributed by atoms with Crippen LogP contribution in [0.5, 0.6) is 0 Å². The van der Waals surface area contributed by atoms with Crippen molar-refractivity contribution >= 4 is 11.8 Å². The molecule has 2 rings (SSSR count). The molecule has 1 aliphatic carbocycles. The summed E-state index contributed by atoms with van der Waals surface area (Å²) < 4.78 is 13.2. The maximum Gasteiger partial charge on any atom is 0.123 e. The first-order chi connectivity index (χ1) is 8.16. The van der Waals surface area contributed by atoms with Crippen molar-refractivity contribution < 1.29 is 4.39 Å². The lowest BCUT2D eigenvalue weighted by atomic mass is 10.0. The first-order valence-corrected chi connectivity index (χ1v) is 7.26. The van der Waals surface area contributed by atoms with Gasteiger partial charge >= 0.3 is 0 Å². The number of thioether (sulfide) groups is 1. The number of hydrogen-bond acceptors (Lipinski definition) is 2. The molecule has 0 heterocycles. The average molecular weight is 253 g/mol. The predicted molar refractivity (Wildman–Crippen MR) is 71.7 cm³/mol. The van der Waals surface area contributed by atoms with Crippen LogP contribution in [0.25, 0.3) is 0 Å². The highest BCUT2D eigenvalue weighted by Gasteiger charge is 2.17. The molecule has 0 aromatic heterocycles. The van der Waals surface area contributed by atoms with E-state index < -0.39 is 0 Å². The van der Waals surface area contributed by atoms with Crippen molar-refractivity contribution in [3.8, 4) is 0 Å². The van der Waals surface area contributed by atoms with E-state index in [9.17, 15) is 4.39 Å². The molecule has 1 fully saturated rings. The third-order valence-electron chi connectivity index (χ3n) is 3.31. The van der Waals surface area contributed by atoms with E-state index in [1.807, 2.05) is 24.8 Å². The van der Waals surface area contributed by atoms with Crippen LogP contribution in [0.2, 0.25) is 0 Å². The quantitative estimate of drug-likeness (QED) is 0.870. The molecule has 3 heteroatoms. The van der Waals surface area contributed by atoms with E-state index >= 15 is 0 Å². The van der Waals surface area contributed by atoms with Gasteiger partial charge < -0.3 is 5.73 Å². The van der Waals surface area contributed by atoms with Crippen LogP contribution in [0.1, 0.15) is 50.6 Å². The molecule has 1 nitrogen and oxygen atoms in total. The Balaban J connectivity index is 2.13. The van der Waals surface area contributed by atoms with Crippen molar-refractivity contribution in [2.24, 2.45) is 5.73 Å². The zero-order valence-electron chi connectivity index (χ0n) is 10.3. The van der Waals surface area contributed by atoms with Gasteiger partial charge in [0.15, 0.2) is 0 Å². The monoisotopic (exact) mass is 253 g/mol. The van der Waals surface area contributed by atoms with E-state index in [-0.39, 0.29) is 11.9 Å². The van der Waals surface area contributed by atoms with Crippen molar-refractivity contribution in [3.63, 3.8) is 0 Å². The Labute approximate surface area is 107 Å². The molecule has 0 unspecified atom stereocenters. The molecule has 0 aliphatic heterocycles. The van der Waals surface area contributed by atoms with E-state index in [2.05, 4.69) is 0 Å². The van der Waals surface area contributed by atoms with Gasteiger partial charge in [0.2, 0.25) is 0 Å². The van der Waals surface area contributed by atoms with Gasteiger partial charge in [-0.1, -0.05) is 19.3 Å². The lowest BCUT2D eigenvalue weighted by molar-refractivity contribution is 0.516. The lowest BCUT2D eigenvalue weighted by Crippen LogP contribution is -2.11. The molecule has 1 saturated carbocycles. The lowest BCUT2D eigenvalue weighted by Gasteiger charge is -2.23. The number of hydrogen-bond donors (Lipinski definition) is 1. The summed E-state index contributed by atoms with van der Waals surface area (Å²) in [7, 11) is 0. The standard InChI is InChI=1S/C14H20FNS/c1-10(16)13-9-11(15)7-8-14(13)17-12-5-3-2-4-6-12/h7-10,12H,2-6,16H2,1H3/t10-/m0/s1. The van der Waals surface area contributed by atoms with Gasteiger partial charge in [-0.15, -0.1) is 11.8 Å². The van der Waals surface area contributed by atoms with Gasteiger partial charge in [-0.3, -0.25) is 0 Å². The van der Waals surface area contributed by atoms with E-state index in [4.69, 9.17) is 5.73 Å². The minimum Gasteiger partial charge on any atom is -0.324 e. The molecule has 0 amide bonds. The molecular weight excluding hydrogens is 233 g/mol. The van der Waals surface area contributed by atoms with Crippen LogP contribution in [0.3, 0.4) is 0 Å². The maximum atomic E-state index is 13.2. The summed E-state index contributed by atoms with van der Waals surface area (Å²) in [5, 5.41) is 0.687. The second-order valence-corrected chi connectivity index (χ2v) is 6.19. The van der Waals surface area contributed by atoms with Crippen molar-refractivity contribution in [3.05, 3.63) is 29.6 Å². The van der Waals surface area contributed by atoms with Gasteiger partial charge in [0.05, 0.1) is 0 Å². The van der Waals surface area contributed by atoms with Crippen molar-refractivity contribution in [1.82, 2.24) is 0 Å². The fourth-order valence-electron chi connectivity index (χ4n) is 2.35. The van der Waals surface area contributed by atoms with Crippen LogP contribution in [-0.2, 0) is 0 Å². The Bertz CT molecular complexity index is 372. The Morgan fingerprint density at radius 1 is 1.29 bits per heavy atom. The molecular formula is C14H20FNS. The van der Waals surface area contributed by atoms with Gasteiger partial charge in [-0.05, 0) is 43.5 Å². The van der Waals surface area contributed by atoms with Gasteiger partial charge in [0.25, 0.3) is 0 Å². The van der Waals surface area contributed by atoms with Crippen molar-refractivity contribution in [2.75, 3.05) is 0 Å². The number of nitrogens with two attached hydrogens (primary N) is 1. The van der Waals surface area contributed by atoms with Gasteiger partial charge in [-0.2, -0.15) is 0 Å². The van der Waals surface area contributed by atoms with Gasteiger partial charge in [0.1, 0.15) is 5.82 Å². The SMILES string of the molecule is C[C@H](N)c1cc(F)ccc1SC1CCCCC1. The van der Waals surface area contributed by atoms with Crippen LogP contribution in [0.4, 0.5) is 4.39 Å². The fraction of sp³-hybridized carbons (Fsp3) is 0.571. The third-order valence-corrected chi connectivity index (χ3v) is 4.74. The van der Waals surface area contributed by atoms with Crippen LogP contribution in [0, 0.1) is 5.82 Å². The molecule has 0 spiro atoms. The molecule has 0 bridgehead atoms. The molecule has 94 valence electrons. The third kappa shape index (κ3) is 3.46. The first kappa shape index (κ1) is 12.9. The molecule has 1 aromatic rings. The topological polar surface area (TPSA) is 26.0 Å². The number of benzene rings is 1. The summed E-state index contributed by atoms with van der Waals surface area (Å²) >= 11 is 1.88. The van der Waals surface area contributed by atoms with Gasteiger partial charge in [0, 0.05) is 16.2 Å². The van der Waals surface area contributed by atoms with Crippen molar-refractivity contribution in [2.45, 2.75) is 55.2 Å². The van der Waals surface area contributed by atoms with Crippen LogP contribution >= 0.6 is 11.8 Å². The summed E-state index contributed by atoms with van der Waals surface area (Å²) in [4.78, 5) is 1.16. The normalized spacial score (nSPS) is 19.2. The minimum absolute atomic E-state index is 0.100. The zero-order chi connectivity index (χ0) is 12.3. The molecule has 0 radical (unpaired) electrons. The Morgan fingerprint density at radius 2 is 2.00 bits per heavy atom. The van der Waals surface area contributed by atoms with Crippen LogP contribution in [-0.4, -0.2) is 5.25 Å². The first-order valence-electron chi connectivity index (χ1n) is 6.38. The largest absolute Gasteiger partial charge is 0.324 e. The molecule has 17 heavy (non-hydrogen) atoms. The highest BCUT2D eigenvalue weighted by molar-refractivity contribution is 8.00. The summed E-state index contributed by atoms with van der Waals surface area (Å²) in [6.45, 7) is 1.92. The van der Waals surface area contributed by atoms with E-state index in [1.54, 1.807) is 6.07 Å². The highest BCUT2D eigenvalue weighted by Crippen LogP contribution is 2.36. The Kier molecular flexibility index (Phi) is 4.46. The van der Waals surface area contributed by atoms with E-state index in [0.717, 1.165) is 10.5 Å². The summed E-state index contributed by atoms with van der Waals surface area (Å²) in [5.41, 5.74) is 6.85. The van der Waals surface area contributed by atoms with E-state index in [1.165, 1.54) is 38.2 Å². The minimum atomic E-state index is -0.190. The van der Waals surface area contributed by atoms with Crippen LogP contribution in [0.15, 0.2) is 23.1 Å². The fourth-order valence-corrected chi connectivity index (χ4v) is 3.80. The average Bonchev–Trinajstić information content (AvgIpc) is 2.32. The molecule has 0 saturated heterocycles. The molecule has 1 atom stereocenters. The number of rotatable bonds is 3.